The summed E-state index contributed by atoms with van der Waals surface area (Å²) < 4.78 is 3.14. The molecule has 51 heavy (non-hydrogen) atoms. The van der Waals surface area contributed by atoms with Crippen molar-refractivity contribution in [2.75, 3.05) is 0 Å². The van der Waals surface area contributed by atoms with E-state index in [1.54, 1.807) is 6.66 Å². The van der Waals surface area contributed by atoms with E-state index in [1.165, 1.54) is 55.6 Å². The van der Waals surface area contributed by atoms with Gasteiger partial charge in [-0.3, -0.25) is 0 Å². The third kappa shape index (κ3) is 6.46. The second-order valence-corrected chi connectivity index (χ2v) is 21.0. The number of rotatable bonds is 6. The molecule has 0 amide bonds. The normalized spacial score (nSPS) is 16.7. The quantitative estimate of drug-likeness (QED) is 0.156. The molecular formula is C48H44HfN2. The van der Waals surface area contributed by atoms with E-state index in [9.17, 15) is 0 Å². The molecule has 2 nitrogen and oxygen atoms in total. The Morgan fingerprint density at radius 2 is 0.863 bits per heavy atom. The van der Waals surface area contributed by atoms with E-state index >= 15 is 0 Å². The third-order valence-electron chi connectivity index (χ3n) is 10.5. The van der Waals surface area contributed by atoms with Crippen LogP contribution in [0.15, 0.2) is 140 Å². The fourth-order valence-electron chi connectivity index (χ4n) is 7.72. The molecule has 0 spiro atoms. The Morgan fingerprint density at radius 3 is 1.22 bits per heavy atom. The van der Waals surface area contributed by atoms with Crippen molar-refractivity contribution in [3.05, 3.63) is 185 Å². The summed E-state index contributed by atoms with van der Waals surface area (Å²) in [6, 6.07) is 45.0. The standard InChI is InChI=1S/2C24H22N.Hf/c2*1-24(2,3)18-12-10-17(11-13-18)19-7-6-8-20-21(19)14-15-22(20)23-9-4-5-16-25-23;/h2*4-14,16,22H,1-3H3;. The zero-order valence-electron chi connectivity index (χ0n) is 30.4. The molecular weight excluding hydrogens is 783 g/mol. The Bertz CT molecular complexity index is 2100. The predicted molar refractivity (Wildman–Crippen MR) is 209 cm³/mol. The Labute approximate surface area is 314 Å². The second-order valence-electron chi connectivity index (χ2n) is 16.0. The monoisotopic (exact) mass is 828 g/mol. The minimum absolute atomic E-state index is 0.120. The van der Waals surface area contributed by atoms with Gasteiger partial charge >= 0.3 is 317 Å². The SMILES string of the molecule is CC(C)(C)c1ccc(-c2cccc3c2C=[C]([Hf][C]2=Cc4c(-c5ccc(C(C)(C)C)cc5)cccc4C2c2ccccn2)C3c2ccccn2)cc1. The van der Waals surface area contributed by atoms with Gasteiger partial charge in [-0.2, -0.15) is 0 Å². The molecule has 0 N–H and O–H groups in total. The third-order valence-corrected chi connectivity index (χ3v) is 15.7. The number of fused-ring (bicyclic) bond motifs is 2. The van der Waals surface area contributed by atoms with Gasteiger partial charge in [-0.05, 0) is 0 Å². The van der Waals surface area contributed by atoms with Gasteiger partial charge in [-0.1, -0.05) is 0 Å². The summed E-state index contributed by atoms with van der Waals surface area (Å²) in [5, 5.41) is 0. The van der Waals surface area contributed by atoms with Gasteiger partial charge in [0, 0.05) is 0 Å². The fourth-order valence-corrected chi connectivity index (χ4v) is 13.7. The Kier molecular flexibility index (Phi) is 8.75. The number of nitrogens with zero attached hydrogens (tertiary/aromatic N) is 2. The number of aromatic nitrogens is 2. The maximum absolute atomic E-state index is 4.98. The zero-order chi connectivity index (χ0) is 35.3. The van der Waals surface area contributed by atoms with Gasteiger partial charge in [0.25, 0.3) is 0 Å². The van der Waals surface area contributed by atoms with Crippen molar-refractivity contribution in [2.45, 2.75) is 64.2 Å². The van der Waals surface area contributed by atoms with E-state index in [2.05, 4.69) is 163 Å². The first-order valence-corrected chi connectivity index (χ1v) is 21.7. The zero-order valence-corrected chi connectivity index (χ0v) is 34.0. The van der Waals surface area contributed by atoms with Crippen LogP contribution in [0, 0.1) is 0 Å². The van der Waals surface area contributed by atoms with Gasteiger partial charge in [0.2, 0.25) is 0 Å². The summed E-state index contributed by atoms with van der Waals surface area (Å²) in [4.78, 5) is 9.96. The number of pyridine rings is 2. The van der Waals surface area contributed by atoms with Crippen molar-refractivity contribution < 1.29 is 22.9 Å². The average Bonchev–Trinajstić information content (AvgIpc) is 3.69. The van der Waals surface area contributed by atoms with Crippen LogP contribution in [-0.2, 0) is 33.7 Å². The summed E-state index contributed by atoms with van der Waals surface area (Å²) in [6.07, 6.45) is 9.01. The van der Waals surface area contributed by atoms with Crippen LogP contribution in [0.3, 0.4) is 0 Å². The first-order valence-electron chi connectivity index (χ1n) is 18.1. The first-order chi connectivity index (χ1) is 24.6. The van der Waals surface area contributed by atoms with E-state index in [4.69, 9.17) is 9.97 Å². The average molecular weight is 827 g/mol. The van der Waals surface area contributed by atoms with Crippen molar-refractivity contribution in [3.8, 4) is 22.3 Å². The molecule has 2 unspecified atom stereocenters. The van der Waals surface area contributed by atoms with E-state index < -0.39 is 22.9 Å². The number of benzene rings is 4. The van der Waals surface area contributed by atoms with Crippen molar-refractivity contribution in [1.29, 1.82) is 0 Å². The Morgan fingerprint density at radius 1 is 0.451 bits per heavy atom. The van der Waals surface area contributed by atoms with E-state index in [1.807, 2.05) is 24.5 Å². The number of allylic oxidation sites excluding steroid dienone is 2. The van der Waals surface area contributed by atoms with Crippen LogP contribution in [-0.4, -0.2) is 9.97 Å². The van der Waals surface area contributed by atoms with Crippen LogP contribution in [0.25, 0.3) is 34.4 Å². The van der Waals surface area contributed by atoms with E-state index in [0.29, 0.717) is 0 Å². The van der Waals surface area contributed by atoms with Gasteiger partial charge in [-0.25, -0.2) is 0 Å². The molecule has 2 aliphatic carbocycles. The molecule has 0 bridgehead atoms. The van der Waals surface area contributed by atoms with Crippen molar-refractivity contribution in [1.82, 2.24) is 9.97 Å². The molecule has 6 aromatic rings. The fraction of sp³-hybridized carbons (Fsp3) is 0.208. The summed E-state index contributed by atoms with van der Waals surface area (Å²) in [7, 11) is 0. The van der Waals surface area contributed by atoms with Crippen LogP contribution < -0.4 is 0 Å². The molecule has 0 radical (unpaired) electrons. The molecule has 2 aromatic heterocycles. The second kappa shape index (κ2) is 13.3. The topological polar surface area (TPSA) is 25.8 Å². The van der Waals surface area contributed by atoms with Crippen LogP contribution in [0.2, 0.25) is 0 Å². The van der Waals surface area contributed by atoms with Gasteiger partial charge in [0.1, 0.15) is 0 Å². The van der Waals surface area contributed by atoms with E-state index in [0.717, 1.165) is 11.4 Å². The van der Waals surface area contributed by atoms with Crippen molar-refractivity contribution >= 4 is 12.2 Å². The maximum atomic E-state index is 4.98. The van der Waals surface area contributed by atoms with Crippen molar-refractivity contribution in [3.63, 3.8) is 0 Å². The van der Waals surface area contributed by atoms with Crippen LogP contribution in [0.5, 0.6) is 0 Å². The summed E-state index contributed by atoms with van der Waals surface area (Å²) >= 11 is -1.66. The molecule has 2 heterocycles. The molecule has 2 atom stereocenters. The summed E-state index contributed by atoms with van der Waals surface area (Å²) in [5.74, 6) is 0.327. The number of hydrogen-bond acceptors (Lipinski definition) is 2. The van der Waals surface area contributed by atoms with Crippen molar-refractivity contribution in [2.24, 2.45) is 0 Å². The molecule has 0 aliphatic heterocycles. The molecule has 0 saturated carbocycles. The van der Waals surface area contributed by atoms with Gasteiger partial charge < -0.3 is 0 Å². The Balaban J connectivity index is 1.24. The van der Waals surface area contributed by atoms with Gasteiger partial charge in [0.05, 0.1) is 0 Å². The molecule has 250 valence electrons. The van der Waals surface area contributed by atoms with Crippen LogP contribution >= 0.6 is 0 Å². The predicted octanol–water partition coefficient (Wildman–Crippen LogP) is 12.2. The van der Waals surface area contributed by atoms with Crippen LogP contribution in [0.1, 0.15) is 98.1 Å². The van der Waals surface area contributed by atoms with Gasteiger partial charge in [-0.15, -0.1) is 0 Å². The van der Waals surface area contributed by atoms with Crippen LogP contribution in [0.4, 0.5) is 0 Å². The minimum atomic E-state index is -1.66. The molecule has 3 heteroatoms. The Hall–Kier alpha value is -4.47. The molecule has 4 aromatic carbocycles. The molecule has 0 fully saturated rings. The summed E-state index contributed by atoms with van der Waals surface area (Å²) in [6.45, 7) is 13.7. The molecule has 0 saturated heterocycles. The van der Waals surface area contributed by atoms with Gasteiger partial charge in [0.15, 0.2) is 0 Å². The summed E-state index contributed by atoms with van der Waals surface area (Å²) in [5.41, 5.74) is 15.8. The van der Waals surface area contributed by atoms with E-state index in [-0.39, 0.29) is 22.7 Å². The number of hydrogen-bond donors (Lipinski definition) is 0. The molecule has 8 rings (SSSR count). The molecule has 2 aliphatic rings. The first kappa shape index (κ1) is 33.7.